The molecule has 1 saturated carbocycles. The largest absolute Gasteiger partial charge is 0.490 e. The molecule has 7 heteroatoms. The van der Waals surface area contributed by atoms with Gasteiger partial charge in [-0.25, -0.2) is 8.42 Å². The summed E-state index contributed by atoms with van der Waals surface area (Å²) in [6.07, 6.45) is 4.82. The predicted molar refractivity (Wildman–Crippen MR) is 150 cm³/mol. The summed E-state index contributed by atoms with van der Waals surface area (Å²) >= 11 is 0. The molecule has 6 nitrogen and oxygen atoms in total. The van der Waals surface area contributed by atoms with Crippen molar-refractivity contribution in [2.24, 2.45) is 5.92 Å². The molecule has 0 spiro atoms. The summed E-state index contributed by atoms with van der Waals surface area (Å²) in [4.78, 5) is 11.2. The van der Waals surface area contributed by atoms with Gasteiger partial charge in [0.25, 0.3) is 0 Å². The SMILES string of the molecule is Cc1cc(OC2CCS(=O)(=O)CC2)cc2c1-c1cc(COc3ccc([C@H]4C[C@@H]4C(=O)O)cc3)ccc1CCC2. The number of carboxylic acids is 1. The van der Waals surface area contributed by atoms with Gasteiger partial charge in [-0.15, -0.1) is 0 Å². The van der Waals surface area contributed by atoms with Gasteiger partial charge in [0.2, 0.25) is 0 Å². The lowest BCUT2D eigenvalue weighted by molar-refractivity contribution is -0.138. The van der Waals surface area contributed by atoms with Crippen molar-refractivity contribution in [3.63, 3.8) is 0 Å². The highest BCUT2D eigenvalue weighted by molar-refractivity contribution is 7.91. The number of aryl methyl sites for hydroxylation is 3. The zero-order valence-corrected chi connectivity index (χ0v) is 23.0. The number of hydrogen-bond acceptors (Lipinski definition) is 5. The Balaban J connectivity index is 1.17. The first-order valence-corrected chi connectivity index (χ1v) is 15.7. The van der Waals surface area contributed by atoms with Crippen LogP contribution in [0.1, 0.15) is 59.4 Å². The van der Waals surface area contributed by atoms with Crippen molar-refractivity contribution >= 4 is 15.8 Å². The topological polar surface area (TPSA) is 89.9 Å². The third-order valence-corrected chi connectivity index (χ3v) is 10.1. The van der Waals surface area contributed by atoms with Crippen molar-refractivity contribution < 1.29 is 27.8 Å². The van der Waals surface area contributed by atoms with E-state index in [0.29, 0.717) is 25.9 Å². The highest BCUT2D eigenvalue weighted by Gasteiger charge is 2.44. The minimum absolute atomic E-state index is 0.0512. The van der Waals surface area contributed by atoms with Gasteiger partial charge in [0.15, 0.2) is 9.84 Å². The molecule has 3 aliphatic rings. The molecule has 0 amide bonds. The van der Waals surface area contributed by atoms with Gasteiger partial charge in [0.1, 0.15) is 24.2 Å². The number of sulfone groups is 1. The van der Waals surface area contributed by atoms with Gasteiger partial charge in [0.05, 0.1) is 17.4 Å². The molecule has 3 aromatic rings. The summed E-state index contributed by atoms with van der Waals surface area (Å²) in [5.41, 5.74) is 8.46. The highest BCUT2D eigenvalue weighted by Crippen LogP contribution is 2.47. The van der Waals surface area contributed by atoms with Crippen LogP contribution < -0.4 is 9.47 Å². The van der Waals surface area contributed by atoms with Crippen molar-refractivity contribution in [2.75, 3.05) is 11.5 Å². The summed E-state index contributed by atoms with van der Waals surface area (Å²) in [5, 5.41) is 9.18. The average molecular weight is 547 g/mol. The van der Waals surface area contributed by atoms with E-state index in [9.17, 15) is 18.3 Å². The van der Waals surface area contributed by atoms with E-state index < -0.39 is 15.8 Å². The van der Waals surface area contributed by atoms with E-state index in [2.05, 4.69) is 37.3 Å². The van der Waals surface area contributed by atoms with Crippen LogP contribution in [0.2, 0.25) is 0 Å². The van der Waals surface area contributed by atoms with E-state index in [1.165, 1.54) is 27.8 Å². The molecule has 2 atom stereocenters. The molecule has 1 saturated heterocycles. The molecule has 1 N–H and O–H groups in total. The van der Waals surface area contributed by atoms with E-state index in [-0.39, 0.29) is 29.4 Å². The average Bonchev–Trinajstić information content (AvgIpc) is 3.73. The van der Waals surface area contributed by atoms with Gasteiger partial charge in [-0.2, -0.15) is 0 Å². The lowest BCUT2D eigenvalue weighted by atomic mass is 9.91. The number of hydrogen-bond donors (Lipinski definition) is 1. The standard InChI is InChI=1S/C32H34O6S/c1-20-15-27(38-26-11-13-39(35,36)14-12-26)17-24-4-2-3-22-6-5-21(16-29(22)31(20)24)19-37-25-9-7-23(8-10-25)28-18-30(28)32(33)34/h5-10,15-17,26,28,30H,2-4,11-14,18-19H2,1H3,(H,33,34)/t28-,30+/m1/s1. The van der Waals surface area contributed by atoms with E-state index >= 15 is 0 Å². The maximum atomic E-state index is 11.8. The molecule has 0 unspecified atom stereocenters. The number of fused-ring (bicyclic) bond motifs is 3. The predicted octanol–water partition coefficient (Wildman–Crippen LogP) is 5.87. The molecule has 3 aromatic carbocycles. The first kappa shape index (κ1) is 25.9. The Hall–Kier alpha value is -3.32. The lowest BCUT2D eigenvalue weighted by Crippen LogP contribution is -2.30. The molecule has 0 radical (unpaired) electrons. The second-order valence-electron chi connectivity index (χ2n) is 11.2. The van der Waals surface area contributed by atoms with Crippen molar-refractivity contribution in [3.05, 3.63) is 82.4 Å². The summed E-state index contributed by atoms with van der Waals surface area (Å²) in [5.74, 6) is 1.17. The Morgan fingerprint density at radius 2 is 1.69 bits per heavy atom. The van der Waals surface area contributed by atoms with Gasteiger partial charge in [-0.3, -0.25) is 4.79 Å². The number of carbonyl (C=O) groups is 1. The van der Waals surface area contributed by atoms with Crippen LogP contribution in [0.4, 0.5) is 0 Å². The molecule has 6 rings (SSSR count). The van der Waals surface area contributed by atoms with Crippen molar-refractivity contribution in [1.82, 2.24) is 0 Å². The minimum atomic E-state index is -2.91. The Kier molecular flexibility index (Phi) is 6.88. The second-order valence-corrected chi connectivity index (χ2v) is 13.5. The zero-order chi connectivity index (χ0) is 27.1. The number of benzene rings is 3. The van der Waals surface area contributed by atoms with Gasteiger partial charge < -0.3 is 14.6 Å². The van der Waals surface area contributed by atoms with Gasteiger partial charge in [0, 0.05) is 0 Å². The molecule has 2 aliphatic carbocycles. The van der Waals surface area contributed by atoms with Crippen LogP contribution in [0, 0.1) is 12.8 Å². The van der Waals surface area contributed by atoms with Crippen LogP contribution in [0.15, 0.2) is 54.6 Å². The number of ether oxygens (including phenoxy) is 2. The molecule has 0 aromatic heterocycles. The Bertz CT molecular complexity index is 1490. The Labute approximate surface area is 229 Å². The van der Waals surface area contributed by atoms with Crippen LogP contribution in [0.5, 0.6) is 11.5 Å². The molecule has 1 aliphatic heterocycles. The summed E-state index contributed by atoms with van der Waals surface area (Å²) in [6, 6.07) is 18.7. The fourth-order valence-corrected chi connectivity index (χ4v) is 7.55. The maximum absolute atomic E-state index is 11.8. The van der Waals surface area contributed by atoms with Crippen LogP contribution in [-0.2, 0) is 34.1 Å². The van der Waals surface area contributed by atoms with Crippen LogP contribution >= 0.6 is 0 Å². The molecular formula is C32H34O6S. The molecule has 0 bridgehead atoms. The molecular weight excluding hydrogens is 512 g/mol. The molecule has 2 fully saturated rings. The number of rotatable bonds is 7. The van der Waals surface area contributed by atoms with E-state index in [0.717, 1.165) is 41.9 Å². The zero-order valence-electron chi connectivity index (χ0n) is 22.2. The van der Waals surface area contributed by atoms with Crippen molar-refractivity contribution in [1.29, 1.82) is 0 Å². The van der Waals surface area contributed by atoms with Crippen LogP contribution in [0.3, 0.4) is 0 Å². The first-order valence-electron chi connectivity index (χ1n) is 13.8. The second kappa shape index (κ2) is 10.3. The lowest BCUT2D eigenvalue weighted by Gasteiger charge is -2.24. The monoisotopic (exact) mass is 546 g/mol. The van der Waals surface area contributed by atoms with Crippen LogP contribution in [-0.4, -0.2) is 37.1 Å². The molecule has 204 valence electrons. The van der Waals surface area contributed by atoms with Gasteiger partial charge >= 0.3 is 5.97 Å². The highest BCUT2D eigenvalue weighted by atomic mass is 32.2. The number of carboxylic acid groups (broad SMARTS) is 1. The van der Waals surface area contributed by atoms with E-state index in [1.807, 2.05) is 24.3 Å². The smallest absolute Gasteiger partial charge is 0.307 e. The quantitative estimate of drug-likeness (QED) is 0.398. The van der Waals surface area contributed by atoms with Crippen molar-refractivity contribution in [2.45, 2.75) is 64.1 Å². The van der Waals surface area contributed by atoms with Crippen LogP contribution in [0.25, 0.3) is 11.1 Å². The Morgan fingerprint density at radius 1 is 0.949 bits per heavy atom. The van der Waals surface area contributed by atoms with Gasteiger partial charge in [-0.05, 0) is 121 Å². The van der Waals surface area contributed by atoms with E-state index in [4.69, 9.17) is 9.47 Å². The molecule has 39 heavy (non-hydrogen) atoms. The number of aliphatic carboxylic acids is 1. The third-order valence-electron chi connectivity index (χ3n) is 8.35. The third kappa shape index (κ3) is 5.69. The minimum Gasteiger partial charge on any atom is -0.490 e. The fourth-order valence-electron chi connectivity index (χ4n) is 6.10. The summed E-state index contributed by atoms with van der Waals surface area (Å²) in [6.45, 7) is 2.58. The first-order chi connectivity index (χ1) is 18.8. The normalized spacial score (nSPS) is 21.8. The summed E-state index contributed by atoms with van der Waals surface area (Å²) in [7, 11) is -2.91. The van der Waals surface area contributed by atoms with Gasteiger partial charge in [-0.1, -0.05) is 24.3 Å². The maximum Gasteiger partial charge on any atom is 0.307 e. The molecule has 1 heterocycles. The summed E-state index contributed by atoms with van der Waals surface area (Å²) < 4.78 is 36.0. The van der Waals surface area contributed by atoms with E-state index in [1.54, 1.807) is 0 Å². The van der Waals surface area contributed by atoms with Crippen molar-refractivity contribution in [3.8, 4) is 22.6 Å². The Morgan fingerprint density at radius 3 is 2.41 bits per heavy atom. The fraction of sp³-hybridized carbons (Fsp3) is 0.406.